The van der Waals surface area contributed by atoms with Crippen LogP contribution < -0.4 is 0 Å². The van der Waals surface area contributed by atoms with E-state index in [2.05, 4.69) is 20.8 Å². The zero-order valence-corrected chi connectivity index (χ0v) is 12.7. The van der Waals surface area contributed by atoms with Gasteiger partial charge in [0.05, 0.1) is 14.8 Å². The first-order valence-electron chi connectivity index (χ1n) is 6.01. The van der Waals surface area contributed by atoms with Crippen molar-refractivity contribution in [1.82, 2.24) is 9.80 Å². The number of rotatable bonds is 3. The first-order chi connectivity index (χ1) is 8.56. The molecule has 4 nitrogen and oxygen atoms in total. The topological polar surface area (TPSA) is 43.8 Å². The number of hydrogen-bond donors (Lipinski definition) is 1. The lowest BCUT2D eigenvalue weighted by Crippen LogP contribution is -2.50. The quantitative estimate of drug-likeness (QED) is 0.915. The molecule has 1 aliphatic heterocycles. The van der Waals surface area contributed by atoms with E-state index in [-0.39, 0.29) is 12.0 Å². The van der Waals surface area contributed by atoms with Gasteiger partial charge < -0.3 is 10.0 Å². The van der Waals surface area contributed by atoms with Crippen molar-refractivity contribution >= 4 is 33.2 Å². The van der Waals surface area contributed by atoms with Gasteiger partial charge >= 0.3 is 0 Å². The van der Waals surface area contributed by atoms with Gasteiger partial charge in [0.1, 0.15) is 0 Å². The second-order valence-corrected chi connectivity index (χ2v) is 7.01. The van der Waals surface area contributed by atoms with Gasteiger partial charge in [-0.2, -0.15) is 0 Å². The average molecular weight is 333 g/mol. The van der Waals surface area contributed by atoms with Crippen LogP contribution in [0.15, 0.2) is 15.9 Å². The first-order valence-corrected chi connectivity index (χ1v) is 7.62. The maximum atomic E-state index is 12.2. The molecule has 2 rings (SSSR count). The standard InChI is InChI=1S/C12H17BrN2O2S/c1-9(16)8-14-4-6-15(7-5-14)12(17)10-2-3-11(13)18-10/h2-3,9,16H,4-8H2,1H3/t9-/m0/s1. The Balaban J connectivity index is 1.88. The molecule has 1 fully saturated rings. The summed E-state index contributed by atoms with van der Waals surface area (Å²) in [6.45, 7) is 5.63. The maximum absolute atomic E-state index is 12.2. The summed E-state index contributed by atoms with van der Waals surface area (Å²) in [4.78, 5) is 17.1. The second kappa shape index (κ2) is 6.14. The van der Waals surface area contributed by atoms with Crippen LogP contribution in [0.1, 0.15) is 16.6 Å². The molecule has 0 radical (unpaired) electrons. The van der Waals surface area contributed by atoms with Crippen molar-refractivity contribution in [3.8, 4) is 0 Å². The third-order valence-electron chi connectivity index (χ3n) is 2.97. The molecule has 1 aromatic heterocycles. The van der Waals surface area contributed by atoms with E-state index in [9.17, 15) is 9.90 Å². The smallest absolute Gasteiger partial charge is 0.264 e. The molecule has 0 bridgehead atoms. The average Bonchev–Trinajstić information content (AvgIpc) is 2.75. The highest BCUT2D eigenvalue weighted by Gasteiger charge is 2.23. The van der Waals surface area contributed by atoms with Crippen LogP contribution in [-0.2, 0) is 0 Å². The summed E-state index contributed by atoms with van der Waals surface area (Å²) in [5.74, 6) is 0.113. The van der Waals surface area contributed by atoms with Crippen molar-refractivity contribution in [2.45, 2.75) is 13.0 Å². The summed E-state index contributed by atoms with van der Waals surface area (Å²) in [6.07, 6.45) is -0.305. The van der Waals surface area contributed by atoms with Gasteiger partial charge in [0.15, 0.2) is 0 Å². The molecular formula is C12H17BrN2O2S. The summed E-state index contributed by atoms with van der Waals surface area (Å²) in [5, 5.41) is 9.33. The molecule has 0 unspecified atom stereocenters. The van der Waals surface area contributed by atoms with Crippen molar-refractivity contribution in [1.29, 1.82) is 0 Å². The van der Waals surface area contributed by atoms with E-state index in [4.69, 9.17) is 0 Å². The van der Waals surface area contributed by atoms with Gasteiger partial charge in [-0.25, -0.2) is 0 Å². The van der Waals surface area contributed by atoms with Gasteiger partial charge in [0, 0.05) is 32.7 Å². The SMILES string of the molecule is C[C@H](O)CN1CCN(C(=O)c2ccc(Br)s2)CC1. The number of halogens is 1. The van der Waals surface area contributed by atoms with Gasteiger partial charge in [-0.15, -0.1) is 11.3 Å². The number of thiophene rings is 1. The summed E-state index contributed by atoms with van der Waals surface area (Å²) < 4.78 is 0.985. The van der Waals surface area contributed by atoms with E-state index in [1.54, 1.807) is 6.92 Å². The molecule has 0 aromatic carbocycles. The Morgan fingerprint density at radius 1 is 1.44 bits per heavy atom. The van der Waals surface area contributed by atoms with Gasteiger partial charge in [0.25, 0.3) is 5.91 Å². The number of aliphatic hydroxyl groups excluding tert-OH is 1. The normalized spacial score (nSPS) is 18.9. The molecule has 1 aromatic rings. The van der Waals surface area contributed by atoms with Crippen LogP contribution in [0.5, 0.6) is 0 Å². The Bertz CT molecular complexity index is 414. The lowest BCUT2D eigenvalue weighted by molar-refractivity contribution is 0.0558. The first kappa shape index (κ1) is 14.0. The minimum absolute atomic E-state index is 0.113. The molecule has 100 valence electrons. The van der Waals surface area contributed by atoms with Gasteiger partial charge in [-0.1, -0.05) is 0 Å². The Morgan fingerprint density at radius 2 is 2.11 bits per heavy atom. The van der Waals surface area contributed by atoms with Crippen molar-refractivity contribution in [2.24, 2.45) is 0 Å². The molecule has 0 spiro atoms. The van der Waals surface area contributed by atoms with Crippen LogP contribution in [0, 0.1) is 0 Å². The molecule has 1 aliphatic rings. The molecule has 1 saturated heterocycles. The number of aliphatic hydroxyl groups is 1. The number of carbonyl (C=O) groups is 1. The van der Waals surface area contributed by atoms with Crippen LogP contribution in [-0.4, -0.2) is 59.6 Å². The van der Waals surface area contributed by atoms with Gasteiger partial charge in [-0.3, -0.25) is 9.69 Å². The number of carbonyl (C=O) groups excluding carboxylic acids is 1. The van der Waals surface area contributed by atoms with Crippen LogP contribution in [0.2, 0.25) is 0 Å². The fourth-order valence-corrected chi connectivity index (χ4v) is 3.45. The Morgan fingerprint density at radius 3 is 2.61 bits per heavy atom. The summed E-state index contributed by atoms with van der Waals surface area (Å²) in [7, 11) is 0. The van der Waals surface area contributed by atoms with E-state index in [0.717, 1.165) is 34.8 Å². The molecule has 1 N–H and O–H groups in total. The van der Waals surface area contributed by atoms with Crippen molar-refractivity contribution in [3.05, 3.63) is 20.8 Å². The lowest BCUT2D eigenvalue weighted by Gasteiger charge is -2.35. The van der Waals surface area contributed by atoms with Crippen LogP contribution in [0.25, 0.3) is 0 Å². The highest BCUT2D eigenvalue weighted by Crippen LogP contribution is 2.23. The molecule has 0 aliphatic carbocycles. The molecule has 2 heterocycles. The summed E-state index contributed by atoms with van der Waals surface area (Å²) >= 11 is 4.85. The third kappa shape index (κ3) is 3.54. The number of amides is 1. The fraction of sp³-hybridized carbons (Fsp3) is 0.583. The molecule has 6 heteroatoms. The highest BCUT2D eigenvalue weighted by molar-refractivity contribution is 9.11. The molecule has 1 amide bonds. The number of piperazine rings is 1. The Kier molecular flexibility index (Phi) is 4.77. The Hall–Kier alpha value is -0.430. The van der Waals surface area contributed by atoms with E-state index < -0.39 is 0 Å². The van der Waals surface area contributed by atoms with Crippen molar-refractivity contribution in [2.75, 3.05) is 32.7 Å². The van der Waals surface area contributed by atoms with Gasteiger partial charge in [0.2, 0.25) is 0 Å². The number of nitrogens with zero attached hydrogens (tertiary/aromatic N) is 2. The molecule has 18 heavy (non-hydrogen) atoms. The third-order valence-corrected chi connectivity index (χ3v) is 4.58. The van der Waals surface area contributed by atoms with Gasteiger partial charge in [-0.05, 0) is 35.0 Å². The van der Waals surface area contributed by atoms with Crippen LogP contribution in [0.4, 0.5) is 0 Å². The fourth-order valence-electron chi connectivity index (χ4n) is 2.09. The highest BCUT2D eigenvalue weighted by atomic mass is 79.9. The number of hydrogen-bond acceptors (Lipinski definition) is 4. The van der Waals surface area contributed by atoms with E-state index in [1.165, 1.54) is 11.3 Å². The van der Waals surface area contributed by atoms with Crippen molar-refractivity contribution in [3.63, 3.8) is 0 Å². The molecular weight excluding hydrogens is 316 g/mol. The summed E-state index contributed by atoms with van der Waals surface area (Å²) in [6, 6.07) is 3.76. The zero-order chi connectivity index (χ0) is 13.1. The second-order valence-electron chi connectivity index (χ2n) is 4.55. The number of β-amino-alcohol motifs (C(OH)–C–C–N with tert-alkyl or cyclic N) is 1. The van der Waals surface area contributed by atoms with E-state index in [0.29, 0.717) is 6.54 Å². The van der Waals surface area contributed by atoms with E-state index >= 15 is 0 Å². The van der Waals surface area contributed by atoms with E-state index in [1.807, 2.05) is 17.0 Å². The minimum Gasteiger partial charge on any atom is -0.392 e. The summed E-state index contributed by atoms with van der Waals surface area (Å²) in [5.41, 5.74) is 0. The zero-order valence-electron chi connectivity index (χ0n) is 10.3. The van der Waals surface area contributed by atoms with Crippen molar-refractivity contribution < 1.29 is 9.90 Å². The lowest BCUT2D eigenvalue weighted by atomic mass is 10.2. The molecule has 0 saturated carbocycles. The Labute approximate surface area is 119 Å². The minimum atomic E-state index is -0.305. The van der Waals surface area contributed by atoms with Crippen LogP contribution >= 0.6 is 27.3 Å². The predicted octanol–water partition coefficient (Wildman–Crippen LogP) is 1.65. The van der Waals surface area contributed by atoms with Crippen LogP contribution in [0.3, 0.4) is 0 Å². The predicted molar refractivity (Wildman–Crippen MR) is 76.0 cm³/mol. The largest absolute Gasteiger partial charge is 0.392 e. The monoisotopic (exact) mass is 332 g/mol. The molecule has 1 atom stereocenters. The maximum Gasteiger partial charge on any atom is 0.264 e.